The van der Waals surface area contributed by atoms with Crippen LogP contribution in [0.25, 0.3) is 11.4 Å². The molecule has 0 radical (unpaired) electrons. The number of carbonyl (C=O) groups excluding carboxylic acids is 2. The van der Waals surface area contributed by atoms with Crippen molar-refractivity contribution in [3.05, 3.63) is 35.9 Å². The van der Waals surface area contributed by atoms with Gasteiger partial charge < -0.3 is 25.2 Å². The number of aromatic nitrogens is 4. The number of sulfonamides is 1. The summed E-state index contributed by atoms with van der Waals surface area (Å²) in [6.45, 7) is -0.170. The van der Waals surface area contributed by atoms with Crippen LogP contribution in [0.3, 0.4) is 0 Å². The number of benzene rings is 1. The van der Waals surface area contributed by atoms with Crippen LogP contribution >= 0.6 is 0 Å². The fourth-order valence-electron chi connectivity index (χ4n) is 3.49. The predicted molar refractivity (Wildman–Crippen MR) is 150 cm³/mol. The van der Waals surface area contributed by atoms with Gasteiger partial charge in [0.2, 0.25) is 27.6 Å². The Kier molecular flexibility index (Phi) is 7.97. The molecule has 0 bridgehead atoms. The van der Waals surface area contributed by atoms with Gasteiger partial charge in [-0.15, -0.1) is 10.2 Å². The molecule has 2 amide bonds. The lowest BCUT2D eigenvalue weighted by Crippen LogP contribution is -2.50. The summed E-state index contributed by atoms with van der Waals surface area (Å²) in [5.74, 6) is 0.0785. The van der Waals surface area contributed by atoms with Crippen molar-refractivity contribution in [2.75, 3.05) is 24.0 Å². The minimum atomic E-state index is -3.45. The highest BCUT2D eigenvalue weighted by molar-refractivity contribution is 7.88. The summed E-state index contributed by atoms with van der Waals surface area (Å²) in [6.07, 6.45) is 2.67. The first-order valence-electron chi connectivity index (χ1n) is 12.1. The molecular formula is C21H27B3N8O6S. The maximum absolute atomic E-state index is 13.0. The third-order valence-electron chi connectivity index (χ3n) is 5.38. The van der Waals surface area contributed by atoms with E-state index in [2.05, 4.69) is 41.0 Å². The minimum absolute atomic E-state index is 0.00972. The first-order chi connectivity index (χ1) is 18.3. The molecule has 14 nitrogen and oxygen atoms in total. The van der Waals surface area contributed by atoms with E-state index in [1.807, 2.05) is 23.5 Å². The van der Waals surface area contributed by atoms with Crippen LogP contribution in [0, 0.1) is 5.92 Å². The summed E-state index contributed by atoms with van der Waals surface area (Å²) in [5, 5.41) is 20.3. The number of methoxy groups -OCH3 is 1. The maximum Gasteiger partial charge on any atom is 0.272 e. The molecule has 0 aliphatic heterocycles. The second kappa shape index (κ2) is 11.1. The number of carbonyl (C=O) groups is 2. The number of nitrogens with one attached hydrogen (secondary N) is 4. The lowest BCUT2D eigenvalue weighted by Gasteiger charge is -2.21. The Labute approximate surface area is 227 Å². The molecular weight excluding hydrogens is 525 g/mol. The topological polar surface area (TPSA) is 190 Å². The second-order valence-electron chi connectivity index (χ2n) is 10.1. The summed E-state index contributed by atoms with van der Waals surface area (Å²) in [6, 6.07) is 6.65. The maximum atomic E-state index is 13.0. The summed E-state index contributed by atoms with van der Waals surface area (Å²) in [5.41, 5.74) is 1.17. The molecule has 1 saturated carbocycles. The molecule has 39 heavy (non-hydrogen) atoms. The first-order valence-corrected chi connectivity index (χ1v) is 13.9. The van der Waals surface area contributed by atoms with E-state index in [-0.39, 0.29) is 47.3 Å². The van der Waals surface area contributed by atoms with Crippen LogP contribution in [0.5, 0.6) is 5.75 Å². The molecule has 202 valence electrons. The lowest BCUT2D eigenvalue weighted by atomic mass is 9.49. The van der Waals surface area contributed by atoms with Gasteiger partial charge in [-0.3, -0.25) is 9.59 Å². The Hall–Kier alpha value is -3.92. The van der Waals surface area contributed by atoms with Crippen LogP contribution in [-0.4, -0.2) is 82.7 Å². The third kappa shape index (κ3) is 7.57. The van der Waals surface area contributed by atoms with Crippen molar-refractivity contribution in [3.8, 4) is 17.1 Å². The number of ether oxygens (including phenoxy) is 1. The highest BCUT2D eigenvalue weighted by Gasteiger charge is 2.30. The second-order valence-corrected chi connectivity index (χ2v) is 11.9. The summed E-state index contributed by atoms with van der Waals surface area (Å²) in [4.78, 5) is 29.6. The number of nitrogens with zero attached hydrogens (tertiary/aromatic N) is 4. The van der Waals surface area contributed by atoms with Crippen LogP contribution in [0.15, 0.2) is 28.8 Å². The van der Waals surface area contributed by atoms with Crippen LogP contribution in [0.2, 0.25) is 0 Å². The van der Waals surface area contributed by atoms with E-state index in [9.17, 15) is 18.0 Å². The largest absolute Gasteiger partial charge is 0.494 e. The van der Waals surface area contributed by atoms with Gasteiger partial charge in [0.25, 0.3) is 5.91 Å². The molecule has 0 unspecified atom stereocenters. The minimum Gasteiger partial charge on any atom is -0.494 e. The van der Waals surface area contributed by atoms with Gasteiger partial charge in [0, 0.05) is 12.0 Å². The van der Waals surface area contributed by atoms with Crippen molar-refractivity contribution in [1.29, 1.82) is 0 Å². The molecule has 2 aromatic heterocycles. The molecule has 1 aliphatic carbocycles. The average molecular weight is 552 g/mol. The van der Waals surface area contributed by atoms with Crippen LogP contribution in [0.1, 0.15) is 29.2 Å². The summed E-state index contributed by atoms with van der Waals surface area (Å²) in [7, 11) is 3.52. The van der Waals surface area contributed by atoms with Gasteiger partial charge in [-0.05, 0) is 30.2 Å². The van der Waals surface area contributed by atoms with Crippen LogP contribution in [-0.2, 0) is 21.4 Å². The van der Waals surface area contributed by atoms with Crippen LogP contribution < -0.4 is 25.4 Å². The predicted octanol–water partition coefficient (Wildman–Crippen LogP) is -2.08. The van der Waals surface area contributed by atoms with Gasteiger partial charge in [-0.25, -0.2) is 13.1 Å². The molecule has 1 aliphatic rings. The SMILES string of the molecule is BC(B)(B)NC(=O)c1nnc(NC(=O)C2CC2)cc1Nc1cccc(-c2noc(CNS(C)(=O)=O)n2)c1OC. The lowest BCUT2D eigenvalue weighted by molar-refractivity contribution is -0.117. The van der Waals surface area contributed by atoms with E-state index in [0.717, 1.165) is 19.1 Å². The number of para-hydroxylation sites is 1. The standard InChI is InChI=1S/C21H27B3N8O6S/c1-37-17-11(18-28-15(38-32-18)9-25-39(2,35)36)4-3-5-12(17)26-13-8-14(27-19(33)10-6-7-10)30-31-16(13)20(34)29-21(22,23)24/h3-5,8,10,25H,6-7,9,22-24H2,1-2H3,(H,29,34)(H2,26,27,30,33). The van der Waals surface area contributed by atoms with Crippen molar-refractivity contribution in [3.63, 3.8) is 0 Å². The van der Waals surface area contributed by atoms with Crippen molar-refractivity contribution >= 4 is 62.6 Å². The van der Waals surface area contributed by atoms with E-state index in [4.69, 9.17) is 9.26 Å². The molecule has 0 saturated heterocycles. The number of hydrogen-bond donors (Lipinski definition) is 4. The van der Waals surface area contributed by atoms with Crippen molar-refractivity contribution < 1.29 is 27.3 Å². The van der Waals surface area contributed by atoms with E-state index >= 15 is 0 Å². The van der Waals surface area contributed by atoms with E-state index < -0.39 is 21.2 Å². The smallest absolute Gasteiger partial charge is 0.272 e. The number of rotatable bonds is 11. The highest BCUT2D eigenvalue weighted by Crippen LogP contribution is 2.37. The Morgan fingerprint density at radius 1 is 1.18 bits per heavy atom. The van der Waals surface area contributed by atoms with Crippen LogP contribution in [0.4, 0.5) is 17.2 Å². The van der Waals surface area contributed by atoms with E-state index in [0.29, 0.717) is 17.0 Å². The normalized spacial score (nSPS) is 13.5. The Morgan fingerprint density at radius 2 is 1.92 bits per heavy atom. The van der Waals surface area contributed by atoms with Crippen molar-refractivity contribution in [2.45, 2.75) is 24.6 Å². The quantitative estimate of drug-likeness (QED) is 0.191. The van der Waals surface area contributed by atoms with Gasteiger partial charge in [-0.2, -0.15) is 4.98 Å². The molecule has 0 atom stereocenters. The molecule has 1 aromatic carbocycles. The van der Waals surface area contributed by atoms with E-state index in [1.165, 1.54) is 13.2 Å². The average Bonchev–Trinajstić information content (AvgIpc) is 3.59. The summed E-state index contributed by atoms with van der Waals surface area (Å²) < 4.78 is 35.9. The zero-order valence-corrected chi connectivity index (χ0v) is 23.0. The highest BCUT2D eigenvalue weighted by atomic mass is 32.2. The molecule has 0 spiro atoms. The number of anilines is 3. The number of amides is 2. The third-order valence-corrected chi connectivity index (χ3v) is 6.05. The van der Waals surface area contributed by atoms with Gasteiger partial charge >= 0.3 is 0 Å². The van der Waals surface area contributed by atoms with E-state index in [1.54, 1.807) is 18.2 Å². The fraction of sp³-hybridized carbons (Fsp3) is 0.333. The molecule has 3 aromatic rings. The molecule has 1 fully saturated rings. The number of hydrogen-bond acceptors (Lipinski definition) is 11. The van der Waals surface area contributed by atoms with Crippen molar-refractivity contribution in [2.24, 2.45) is 5.92 Å². The van der Waals surface area contributed by atoms with Gasteiger partial charge in [0.05, 0.1) is 36.8 Å². The zero-order chi connectivity index (χ0) is 28.4. The van der Waals surface area contributed by atoms with Gasteiger partial charge in [0.15, 0.2) is 17.3 Å². The fourth-order valence-corrected chi connectivity index (χ4v) is 3.88. The monoisotopic (exact) mass is 552 g/mol. The Balaban J connectivity index is 1.67. The summed E-state index contributed by atoms with van der Waals surface area (Å²) >= 11 is 0. The molecule has 4 rings (SSSR count). The molecule has 2 heterocycles. The first kappa shape index (κ1) is 28.1. The van der Waals surface area contributed by atoms with Crippen molar-refractivity contribution in [1.82, 2.24) is 30.4 Å². The molecule has 18 heteroatoms. The van der Waals surface area contributed by atoms with Gasteiger partial charge in [-0.1, -0.05) is 11.2 Å². The Morgan fingerprint density at radius 3 is 2.56 bits per heavy atom. The zero-order valence-electron chi connectivity index (χ0n) is 22.2. The Bertz CT molecular complexity index is 1510. The van der Waals surface area contributed by atoms with Gasteiger partial charge in [0.1, 0.15) is 23.5 Å². The molecule has 4 N–H and O–H groups in total.